The third-order valence-corrected chi connectivity index (χ3v) is 3.34. The Labute approximate surface area is 88.5 Å². The van der Waals surface area contributed by atoms with Crippen LogP contribution in [0.15, 0.2) is 24.3 Å². The summed E-state index contributed by atoms with van der Waals surface area (Å²) in [5, 5.41) is 0.783. The molecule has 1 saturated heterocycles. The molecule has 0 N–H and O–H groups in total. The van der Waals surface area contributed by atoms with Crippen LogP contribution in [-0.2, 0) is 10.2 Å². The molecule has 1 aromatic carbocycles. The van der Waals surface area contributed by atoms with Gasteiger partial charge in [0.05, 0.1) is 18.6 Å². The maximum atomic E-state index is 5.92. The molecule has 1 nitrogen and oxygen atoms in total. The molecule has 0 bridgehead atoms. The van der Waals surface area contributed by atoms with Crippen molar-refractivity contribution < 1.29 is 4.74 Å². The van der Waals surface area contributed by atoms with Crippen molar-refractivity contribution in [1.82, 2.24) is 0 Å². The van der Waals surface area contributed by atoms with Gasteiger partial charge in [0, 0.05) is 10.8 Å². The summed E-state index contributed by atoms with van der Waals surface area (Å²) in [4.78, 5) is 0. The fraction of sp³-hybridized carbons (Fsp3) is 0.400. The van der Waals surface area contributed by atoms with Crippen LogP contribution in [0.3, 0.4) is 0 Å². The van der Waals surface area contributed by atoms with Crippen LogP contribution in [0.2, 0.25) is 5.02 Å². The number of thiol groups is 1. The second-order valence-electron chi connectivity index (χ2n) is 3.44. The van der Waals surface area contributed by atoms with Gasteiger partial charge in [0.2, 0.25) is 0 Å². The zero-order valence-electron chi connectivity index (χ0n) is 7.16. The van der Waals surface area contributed by atoms with E-state index in [1.807, 2.05) is 18.2 Å². The van der Waals surface area contributed by atoms with E-state index in [1.54, 1.807) is 0 Å². The van der Waals surface area contributed by atoms with Crippen molar-refractivity contribution in [2.24, 2.45) is 0 Å². The number of hydrogen-bond donors (Lipinski definition) is 1. The molecule has 0 aliphatic carbocycles. The van der Waals surface area contributed by atoms with Crippen molar-refractivity contribution >= 4 is 24.2 Å². The zero-order chi connectivity index (χ0) is 9.31. The van der Waals surface area contributed by atoms with E-state index in [-0.39, 0.29) is 5.41 Å². The summed E-state index contributed by atoms with van der Waals surface area (Å²) >= 11 is 10.3. The molecular formula is C10H11ClOS. The highest BCUT2D eigenvalue weighted by atomic mass is 35.5. The summed E-state index contributed by atoms with van der Waals surface area (Å²) in [5.41, 5.74) is 1.34. The molecule has 1 heterocycles. The Bertz CT molecular complexity index is 304. The summed E-state index contributed by atoms with van der Waals surface area (Å²) in [6.07, 6.45) is 0. The van der Waals surface area contributed by atoms with Crippen LogP contribution >= 0.6 is 24.2 Å². The van der Waals surface area contributed by atoms with Crippen LogP contribution in [0.5, 0.6) is 0 Å². The third kappa shape index (κ3) is 1.58. The smallest absolute Gasteiger partial charge is 0.0593 e. The van der Waals surface area contributed by atoms with Gasteiger partial charge in [-0.1, -0.05) is 23.7 Å². The van der Waals surface area contributed by atoms with Crippen molar-refractivity contribution in [1.29, 1.82) is 0 Å². The van der Waals surface area contributed by atoms with E-state index in [1.165, 1.54) is 5.56 Å². The van der Waals surface area contributed by atoms with Gasteiger partial charge in [-0.15, -0.1) is 0 Å². The van der Waals surface area contributed by atoms with E-state index in [4.69, 9.17) is 16.3 Å². The number of halogens is 1. The third-order valence-electron chi connectivity index (χ3n) is 2.50. The second kappa shape index (κ2) is 3.52. The van der Waals surface area contributed by atoms with Crippen LogP contribution in [-0.4, -0.2) is 19.0 Å². The summed E-state index contributed by atoms with van der Waals surface area (Å²) < 4.78 is 5.23. The van der Waals surface area contributed by atoms with Crippen molar-refractivity contribution in [3.05, 3.63) is 34.9 Å². The van der Waals surface area contributed by atoms with Crippen molar-refractivity contribution in [2.75, 3.05) is 19.0 Å². The first kappa shape index (κ1) is 9.38. The van der Waals surface area contributed by atoms with Crippen LogP contribution in [0.1, 0.15) is 5.56 Å². The molecule has 0 unspecified atom stereocenters. The fourth-order valence-corrected chi connectivity index (χ4v) is 2.07. The van der Waals surface area contributed by atoms with E-state index < -0.39 is 0 Å². The van der Waals surface area contributed by atoms with Gasteiger partial charge in [0.1, 0.15) is 0 Å². The predicted molar refractivity (Wildman–Crippen MR) is 57.8 cm³/mol. The number of hydrogen-bond acceptors (Lipinski definition) is 2. The van der Waals surface area contributed by atoms with Crippen molar-refractivity contribution in [3.63, 3.8) is 0 Å². The van der Waals surface area contributed by atoms with Gasteiger partial charge < -0.3 is 4.74 Å². The Morgan fingerprint density at radius 1 is 1.46 bits per heavy atom. The lowest BCUT2D eigenvalue weighted by Crippen LogP contribution is -2.48. The Morgan fingerprint density at radius 3 is 2.69 bits per heavy atom. The fourth-order valence-electron chi connectivity index (χ4n) is 1.52. The summed E-state index contributed by atoms with van der Waals surface area (Å²) in [6, 6.07) is 7.95. The largest absolute Gasteiger partial charge is 0.379 e. The lowest BCUT2D eigenvalue weighted by Gasteiger charge is -2.40. The molecule has 0 saturated carbocycles. The number of rotatable bonds is 2. The molecule has 1 fully saturated rings. The molecule has 1 aliphatic rings. The molecule has 0 spiro atoms. The van der Waals surface area contributed by atoms with Crippen LogP contribution in [0.4, 0.5) is 0 Å². The van der Waals surface area contributed by atoms with Gasteiger partial charge in [-0.3, -0.25) is 0 Å². The average molecular weight is 215 g/mol. The summed E-state index contributed by atoms with van der Waals surface area (Å²) in [5.74, 6) is 0.813. The number of benzene rings is 1. The van der Waals surface area contributed by atoms with Gasteiger partial charge in [0.15, 0.2) is 0 Å². The topological polar surface area (TPSA) is 9.23 Å². The highest BCUT2D eigenvalue weighted by molar-refractivity contribution is 7.80. The molecular weight excluding hydrogens is 204 g/mol. The predicted octanol–water partition coefficient (Wildman–Crippen LogP) is 2.54. The minimum Gasteiger partial charge on any atom is -0.379 e. The minimum absolute atomic E-state index is 0.105. The Kier molecular flexibility index (Phi) is 2.54. The Balaban J connectivity index is 2.33. The molecule has 2 rings (SSSR count). The highest BCUT2D eigenvalue weighted by Gasteiger charge is 2.38. The first-order valence-electron chi connectivity index (χ1n) is 4.21. The molecule has 13 heavy (non-hydrogen) atoms. The first-order chi connectivity index (χ1) is 6.27. The van der Waals surface area contributed by atoms with Crippen LogP contribution in [0.25, 0.3) is 0 Å². The van der Waals surface area contributed by atoms with Gasteiger partial charge in [-0.25, -0.2) is 0 Å². The molecule has 3 heteroatoms. The molecule has 0 radical (unpaired) electrons. The maximum absolute atomic E-state index is 5.92. The standard InChI is InChI=1S/C10H11ClOS/c11-9-3-1-2-8(4-9)10(7-13)5-12-6-10/h1-4,13H,5-7H2. The average Bonchev–Trinajstić information content (AvgIpc) is 2.03. The van der Waals surface area contributed by atoms with E-state index in [2.05, 4.69) is 18.7 Å². The van der Waals surface area contributed by atoms with Gasteiger partial charge in [-0.2, -0.15) is 12.6 Å². The van der Waals surface area contributed by atoms with Gasteiger partial charge in [0.25, 0.3) is 0 Å². The zero-order valence-corrected chi connectivity index (χ0v) is 8.81. The van der Waals surface area contributed by atoms with Crippen LogP contribution in [0, 0.1) is 0 Å². The van der Waals surface area contributed by atoms with E-state index >= 15 is 0 Å². The quantitative estimate of drug-likeness (QED) is 0.745. The molecule has 0 amide bonds. The van der Waals surface area contributed by atoms with E-state index in [0.717, 1.165) is 24.0 Å². The Hall–Kier alpha value is -0.180. The second-order valence-corrected chi connectivity index (χ2v) is 4.19. The van der Waals surface area contributed by atoms with Crippen LogP contribution < -0.4 is 0 Å². The minimum atomic E-state index is 0.105. The highest BCUT2D eigenvalue weighted by Crippen LogP contribution is 2.34. The van der Waals surface area contributed by atoms with Gasteiger partial charge in [-0.05, 0) is 17.7 Å². The SMILES string of the molecule is SCC1(c2cccc(Cl)c2)COC1. The van der Waals surface area contributed by atoms with E-state index in [0.29, 0.717) is 0 Å². The van der Waals surface area contributed by atoms with Gasteiger partial charge >= 0.3 is 0 Å². The van der Waals surface area contributed by atoms with Crippen molar-refractivity contribution in [2.45, 2.75) is 5.41 Å². The lowest BCUT2D eigenvalue weighted by molar-refractivity contribution is -0.0470. The molecule has 1 aromatic rings. The maximum Gasteiger partial charge on any atom is 0.0593 e. The molecule has 0 atom stereocenters. The molecule has 0 aromatic heterocycles. The molecule has 1 aliphatic heterocycles. The normalized spacial score (nSPS) is 19.5. The lowest BCUT2D eigenvalue weighted by atomic mass is 9.80. The van der Waals surface area contributed by atoms with Crippen molar-refractivity contribution in [3.8, 4) is 0 Å². The Morgan fingerprint density at radius 2 is 2.23 bits per heavy atom. The summed E-state index contributed by atoms with van der Waals surface area (Å²) in [7, 11) is 0. The molecule has 70 valence electrons. The first-order valence-corrected chi connectivity index (χ1v) is 5.23. The number of ether oxygens (including phenoxy) is 1. The summed E-state index contributed by atoms with van der Waals surface area (Å²) in [6.45, 7) is 1.52. The van der Waals surface area contributed by atoms with E-state index in [9.17, 15) is 0 Å². The monoisotopic (exact) mass is 214 g/mol.